The molecule has 2 atom stereocenters. The number of nitrogens with one attached hydrogen (secondary N) is 1. The van der Waals surface area contributed by atoms with E-state index in [9.17, 15) is 0 Å². The molecular formula is C17H25N. The van der Waals surface area contributed by atoms with Gasteiger partial charge in [0.05, 0.1) is 0 Å². The second kappa shape index (κ2) is 5.88. The van der Waals surface area contributed by atoms with Crippen molar-refractivity contribution < 1.29 is 0 Å². The molecule has 0 aromatic heterocycles. The quantitative estimate of drug-likeness (QED) is 0.763. The lowest BCUT2D eigenvalue weighted by molar-refractivity contribution is 0.272. The molecule has 1 N–H and O–H groups in total. The van der Waals surface area contributed by atoms with Crippen molar-refractivity contribution in [3.05, 3.63) is 35.9 Å². The third kappa shape index (κ3) is 2.61. The minimum Gasteiger partial charge on any atom is -0.310 e. The fraction of sp³-hybridized carbons (Fsp3) is 0.647. The summed E-state index contributed by atoms with van der Waals surface area (Å²) in [6, 6.07) is 11.7. The highest BCUT2D eigenvalue weighted by atomic mass is 15.0. The second-order valence-electron chi connectivity index (χ2n) is 6.05. The Hall–Kier alpha value is -0.820. The standard InChI is InChI=1S/C17H25N/c1-2-5-9-14(8-4-1)16-12-13-18-17(16)15-10-6-3-7-11-15/h3,6-7,10-11,14,16-18H,1-2,4-5,8-9,12-13H2. The molecular weight excluding hydrogens is 218 g/mol. The van der Waals surface area contributed by atoms with E-state index < -0.39 is 0 Å². The van der Waals surface area contributed by atoms with Gasteiger partial charge in [-0.3, -0.25) is 0 Å². The summed E-state index contributed by atoms with van der Waals surface area (Å²) in [6.45, 7) is 1.21. The molecule has 0 radical (unpaired) electrons. The lowest BCUT2D eigenvalue weighted by atomic mass is 9.79. The summed E-state index contributed by atoms with van der Waals surface area (Å²) in [6.07, 6.45) is 10.2. The van der Waals surface area contributed by atoms with Crippen molar-refractivity contribution >= 4 is 0 Å². The molecule has 2 aliphatic rings. The van der Waals surface area contributed by atoms with Crippen molar-refractivity contribution in [1.82, 2.24) is 5.32 Å². The summed E-state index contributed by atoms with van der Waals surface area (Å²) in [5, 5.41) is 3.74. The van der Waals surface area contributed by atoms with E-state index in [0.29, 0.717) is 6.04 Å². The van der Waals surface area contributed by atoms with E-state index in [1.807, 2.05) is 0 Å². The van der Waals surface area contributed by atoms with E-state index >= 15 is 0 Å². The maximum atomic E-state index is 3.74. The van der Waals surface area contributed by atoms with Gasteiger partial charge in [-0.05, 0) is 30.4 Å². The molecule has 0 amide bonds. The Morgan fingerprint density at radius 1 is 0.833 bits per heavy atom. The van der Waals surface area contributed by atoms with Crippen LogP contribution in [0.1, 0.15) is 56.6 Å². The molecule has 1 saturated heterocycles. The third-order valence-corrected chi connectivity index (χ3v) is 4.93. The van der Waals surface area contributed by atoms with Gasteiger partial charge in [-0.1, -0.05) is 68.9 Å². The average Bonchev–Trinajstić information content (AvgIpc) is 2.75. The number of rotatable bonds is 2. The highest BCUT2D eigenvalue weighted by Crippen LogP contribution is 2.40. The second-order valence-corrected chi connectivity index (χ2v) is 6.05. The van der Waals surface area contributed by atoms with Crippen LogP contribution in [-0.2, 0) is 0 Å². The maximum Gasteiger partial charge on any atom is 0.0351 e. The normalized spacial score (nSPS) is 30.2. The largest absolute Gasteiger partial charge is 0.310 e. The monoisotopic (exact) mass is 243 g/mol. The molecule has 98 valence electrons. The zero-order valence-corrected chi connectivity index (χ0v) is 11.3. The average molecular weight is 243 g/mol. The Bertz CT molecular complexity index is 351. The molecule has 18 heavy (non-hydrogen) atoms. The summed E-state index contributed by atoms with van der Waals surface area (Å²) in [4.78, 5) is 0. The van der Waals surface area contributed by atoms with Crippen LogP contribution in [0.2, 0.25) is 0 Å². The summed E-state index contributed by atoms with van der Waals surface area (Å²) >= 11 is 0. The first-order valence-electron chi connectivity index (χ1n) is 7.73. The molecule has 3 rings (SSSR count). The van der Waals surface area contributed by atoms with Crippen LogP contribution in [0.3, 0.4) is 0 Å². The Kier molecular flexibility index (Phi) is 3.99. The zero-order valence-electron chi connectivity index (χ0n) is 11.3. The van der Waals surface area contributed by atoms with E-state index in [1.54, 1.807) is 0 Å². The molecule has 1 heteroatoms. The first-order chi connectivity index (χ1) is 8.95. The molecule has 0 spiro atoms. The van der Waals surface area contributed by atoms with Crippen LogP contribution in [0.15, 0.2) is 30.3 Å². The Morgan fingerprint density at radius 2 is 1.56 bits per heavy atom. The van der Waals surface area contributed by atoms with Crippen molar-refractivity contribution in [2.45, 2.75) is 51.0 Å². The smallest absolute Gasteiger partial charge is 0.0351 e. The van der Waals surface area contributed by atoms with Crippen LogP contribution in [0.5, 0.6) is 0 Å². The van der Waals surface area contributed by atoms with Crippen molar-refractivity contribution in [3.8, 4) is 0 Å². The minimum atomic E-state index is 0.620. The molecule has 2 fully saturated rings. The van der Waals surface area contributed by atoms with Crippen molar-refractivity contribution in [3.63, 3.8) is 0 Å². The number of benzene rings is 1. The highest BCUT2D eigenvalue weighted by Gasteiger charge is 2.34. The van der Waals surface area contributed by atoms with Gasteiger partial charge in [0.15, 0.2) is 0 Å². The fourth-order valence-corrected chi connectivity index (χ4v) is 4.00. The van der Waals surface area contributed by atoms with Crippen molar-refractivity contribution in [1.29, 1.82) is 0 Å². The van der Waals surface area contributed by atoms with Gasteiger partial charge in [0.25, 0.3) is 0 Å². The molecule has 0 bridgehead atoms. The van der Waals surface area contributed by atoms with Gasteiger partial charge in [-0.2, -0.15) is 0 Å². The molecule has 1 aliphatic carbocycles. The Balaban J connectivity index is 1.74. The molecule has 1 heterocycles. The van der Waals surface area contributed by atoms with E-state index in [2.05, 4.69) is 35.6 Å². The van der Waals surface area contributed by atoms with Crippen LogP contribution in [-0.4, -0.2) is 6.54 Å². The van der Waals surface area contributed by atoms with E-state index in [4.69, 9.17) is 0 Å². The van der Waals surface area contributed by atoms with Gasteiger partial charge in [0.2, 0.25) is 0 Å². The van der Waals surface area contributed by atoms with Crippen LogP contribution in [0, 0.1) is 11.8 Å². The van der Waals surface area contributed by atoms with Crippen LogP contribution in [0.4, 0.5) is 0 Å². The molecule has 1 aromatic rings. The van der Waals surface area contributed by atoms with Gasteiger partial charge >= 0.3 is 0 Å². The summed E-state index contributed by atoms with van der Waals surface area (Å²) < 4.78 is 0. The zero-order chi connectivity index (χ0) is 12.2. The van der Waals surface area contributed by atoms with Crippen LogP contribution >= 0.6 is 0 Å². The first-order valence-corrected chi connectivity index (χ1v) is 7.73. The fourth-order valence-electron chi connectivity index (χ4n) is 4.00. The van der Waals surface area contributed by atoms with Gasteiger partial charge < -0.3 is 5.32 Å². The van der Waals surface area contributed by atoms with Crippen LogP contribution < -0.4 is 5.32 Å². The third-order valence-electron chi connectivity index (χ3n) is 4.93. The summed E-state index contributed by atoms with van der Waals surface area (Å²) in [5.41, 5.74) is 1.50. The molecule has 1 saturated carbocycles. The van der Waals surface area contributed by atoms with Gasteiger partial charge in [-0.25, -0.2) is 0 Å². The predicted molar refractivity (Wildman–Crippen MR) is 76.5 cm³/mol. The van der Waals surface area contributed by atoms with E-state index in [0.717, 1.165) is 11.8 Å². The van der Waals surface area contributed by atoms with Crippen molar-refractivity contribution in [2.75, 3.05) is 6.54 Å². The van der Waals surface area contributed by atoms with Crippen LogP contribution in [0.25, 0.3) is 0 Å². The lowest BCUT2D eigenvalue weighted by Crippen LogP contribution is -2.23. The first kappa shape index (κ1) is 12.2. The molecule has 2 unspecified atom stereocenters. The Labute approximate surface area is 111 Å². The molecule has 1 aromatic carbocycles. The van der Waals surface area contributed by atoms with Gasteiger partial charge in [0.1, 0.15) is 0 Å². The Morgan fingerprint density at radius 3 is 2.28 bits per heavy atom. The van der Waals surface area contributed by atoms with Gasteiger partial charge in [0, 0.05) is 6.04 Å². The van der Waals surface area contributed by atoms with Gasteiger partial charge in [-0.15, -0.1) is 0 Å². The molecule has 1 nitrogen and oxygen atoms in total. The maximum absolute atomic E-state index is 3.74. The minimum absolute atomic E-state index is 0.620. The number of hydrogen-bond acceptors (Lipinski definition) is 1. The SMILES string of the molecule is c1ccc(C2NCCC2C2CCCCCC2)cc1. The van der Waals surface area contributed by atoms with E-state index in [-0.39, 0.29) is 0 Å². The topological polar surface area (TPSA) is 12.0 Å². The van der Waals surface area contributed by atoms with Crippen molar-refractivity contribution in [2.24, 2.45) is 11.8 Å². The molecule has 1 aliphatic heterocycles. The summed E-state index contributed by atoms with van der Waals surface area (Å²) in [5.74, 6) is 1.85. The summed E-state index contributed by atoms with van der Waals surface area (Å²) in [7, 11) is 0. The number of hydrogen-bond donors (Lipinski definition) is 1. The van der Waals surface area contributed by atoms with E-state index in [1.165, 1.54) is 57.1 Å². The predicted octanol–water partition coefficient (Wildman–Crippen LogP) is 4.31. The highest BCUT2D eigenvalue weighted by molar-refractivity contribution is 5.21. The lowest BCUT2D eigenvalue weighted by Gasteiger charge is -2.28.